The molecule has 0 aliphatic carbocycles. The van der Waals surface area contributed by atoms with Gasteiger partial charge in [-0.3, -0.25) is 0 Å². The first-order chi connectivity index (χ1) is 8.66. The Balaban J connectivity index is 1.90. The summed E-state index contributed by atoms with van der Waals surface area (Å²) in [5.41, 5.74) is 6.58. The third-order valence-corrected chi connectivity index (χ3v) is 3.40. The summed E-state index contributed by atoms with van der Waals surface area (Å²) in [5, 5.41) is 0. The smallest absolute Gasteiger partial charge is 0.340 e. The van der Waals surface area contributed by atoms with Crippen LogP contribution in [0.1, 0.15) is 29.6 Å². The van der Waals surface area contributed by atoms with E-state index >= 15 is 0 Å². The number of nitrogen functional groups attached to an aromatic ring is 1. The molecule has 1 aliphatic rings. The summed E-state index contributed by atoms with van der Waals surface area (Å²) in [7, 11) is 0. The van der Waals surface area contributed by atoms with Gasteiger partial charge in [-0.05, 0) is 37.5 Å². The maximum Gasteiger partial charge on any atom is 0.340 e. The highest BCUT2D eigenvalue weighted by atomic mass is 79.9. The lowest BCUT2D eigenvalue weighted by Gasteiger charge is -2.22. The SMILES string of the molecule is Nc1cc(Br)ccc1C(=O)OCC1CCCCO1. The molecule has 1 fully saturated rings. The average molecular weight is 314 g/mol. The van der Waals surface area contributed by atoms with Gasteiger partial charge in [-0.15, -0.1) is 0 Å². The number of hydrogen-bond donors (Lipinski definition) is 1. The van der Waals surface area contributed by atoms with Gasteiger partial charge in [-0.1, -0.05) is 15.9 Å². The Hall–Kier alpha value is -1.07. The predicted octanol–water partition coefficient (Wildman–Crippen LogP) is 2.76. The molecule has 0 saturated carbocycles. The minimum atomic E-state index is -0.394. The first kappa shape index (κ1) is 13.4. The number of hydrogen-bond acceptors (Lipinski definition) is 4. The minimum absolute atomic E-state index is 0.0272. The van der Waals surface area contributed by atoms with Crippen molar-refractivity contribution in [1.82, 2.24) is 0 Å². The Bertz CT molecular complexity index is 430. The fourth-order valence-electron chi connectivity index (χ4n) is 1.90. The maximum atomic E-state index is 11.8. The van der Waals surface area contributed by atoms with Gasteiger partial charge in [0.25, 0.3) is 0 Å². The van der Waals surface area contributed by atoms with Crippen molar-refractivity contribution in [3.8, 4) is 0 Å². The van der Waals surface area contributed by atoms with Gasteiger partial charge in [0.2, 0.25) is 0 Å². The van der Waals surface area contributed by atoms with Crippen LogP contribution in [0, 0.1) is 0 Å². The van der Waals surface area contributed by atoms with Gasteiger partial charge in [0, 0.05) is 16.8 Å². The van der Waals surface area contributed by atoms with Crippen molar-refractivity contribution in [2.45, 2.75) is 25.4 Å². The summed E-state index contributed by atoms with van der Waals surface area (Å²) < 4.78 is 11.6. The maximum absolute atomic E-state index is 11.8. The highest BCUT2D eigenvalue weighted by Gasteiger charge is 2.17. The highest BCUT2D eigenvalue weighted by molar-refractivity contribution is 9.10. The normalized spacial score (nSPS) is 19.5. The van der Waals surface area contributed by atoms with Gasteiger partial charge < -0.3 is 15.2 Å². The second-order valence-electron chi connectivity index (χ2n) is 4.32. The monoisotopic (exact) mass is 313 g/mol. The topological polar surface area (TPSA) is 61.6 Å². The first-order valence-corrected chi connectivity index (χ1v) is 6.80. The van der Waals surface area contributed by atoms with E-state index in [0.717, 1.165) is 30.3 Å². The van der Waals surface area contributed by atoms with Gasteiger partial charge in [0.05, 0.1) is 11.7 Å². The van der Waals surface area contributed by atoms with Crippen LogP contribution in [-0.4, -0.2) is 25.3 Å². The molecular formula is C13H16BrNO3. The molecule has 1 aromatic rings. The molecule has 0 spiro atoms. The summed E-state index contributed by atoms with van der Waals surface area (Å²) in [6, 6.07) is 5.11. The largest absolute Gasteiger partial charge is 0.459 e. The number of carbonyl (C=O) groups excluding carboxylic acids is 1. The molecule has 1 saturated heterocycles. The summed E-state index contributed by atoms with van der Waals surface area (Å²) in [6.45, 7) is 1.05. The standard InChI is InChI=1S/C13H16BrNO3/c14-9-4-5-11(12(15)7-9)13(16)18-8-10-3-1-2-6-17-10/h4-5,7,10H,1-3,6,8,15H2. The zero-order valence-corrected chi connectivity index (χ0v) is 11.6. The Kier molecular flexibility index (Phi) is 4.60. The van der Waals surface area contributed by atoms with Crippen LogP contribution in [0.4, 0.5) is 5.69 Å². The molecular weight excluding hydrogens is 298 g/mol. The lowest BCUT2D eigenvalue weighted by atomic mass is 10.1. The number of anilines is 1. The number of carbonyl (C=O) groups is 1. The van der Waals surface area contributed by atoms with Gasteiger partial charge in [-0.2, -0.15) is 0 Å². The molecule has 98 valence electrons. The Labute approximate surface area is 115 Å². The molecule has 2 N–H and O–H groups in total. The molecule has 0 radical (unpaired) electrons. The zero-order valence-electron chi connectivity index (χ0n) is 10.0. The first-order valence-electron chi connectivity index (χ1n) is 6.00. The summed E-state index contributed by atoms with van der Waals surface area (Å²) >= 11 is 3.29. The lowest BCUT2D eigenvalue weighted by Crippen LogP contribution is -2.26. The number of ether oxygens (including phenoxy) is 2. The van der Waals surface area contributed by atoms with Crippen LogP contribution >= 0.6 is 15.9 Å². The van der Waals surface area contributed by atoms with E-state index in [2.05, 4.69) is 15.9 Å². The van der Waals surface area contributed by atoms with Crippen molar-refractivity contribution in [3.63, 3.8) is 0 Å². The summed E-state index contributed by atoms with van der Waals surface area (Å²) in [6.07, 6.45) is 3.19. The van der Waals surface area contributed by atoms with Gasteiger partial charge >= 0.3 is 5.97 Å². The Morgan fingerprint density at radius 2 is 2.33 bits per heavy atom. The predicted molar refractivity (Wildman–Crippen MR) is 72.4 cm³/mol. The van der Waals surface area contributed by atoms with Gasteiger partial charge in [0.15, 0.2) is 0 Å². The summed E-state index contributed by atoms with van der Waals surface area (Å²) in [4.78, 5) is 11.8. The van der Waals surface area contributed by atoms with E-state index in [1.165, 1.54) is 0 Å². The number of halogens is 1. The summed E-state index contributed by atoms with van der Waals surface area (Å²) in [5.74, 6) is -0.394. The molecule has 1 atom stereocenters. The second-order valence-corrected chi connectivity index (χ2v) is 5.23. The molecule has 1 aromatic carbocycles. The molecule has 0 aromatic heterocycles. The third kappa shape index (κ3) is 3.46. The number of rotatable bonds is 3. The van der Waals surface area contributed by atoms with Crippen molar-refractivity contribution >= 4 is 27.6 Å². The van der Waals surface area contributed by atoms with Crippen molar-refractivity contribution in [2.24, 2.45) is 0 Å². The van der Waals surface area contributed by atoms with Crippen molar-refractivity contribution in [2.75, 3.05) is 18.9 Å². The highest BCUT2D eigenvalue weighted by Crippen LogP contribution is 2.20. The van der Waals surface area contributed by atoms with E-state index in [0.29, 0.717) is 17.9 Å². The molecule has 18 heavy (non-hydrogen) atoms. The van der Waals surface area contributed by atoms with E-state index in [9.17, 15) is 4.79 Å². The van der Waals surface area contributed by atoms with Gasteiger partial charge in [-0.25, -0.2) is 4.79 Å². The van der Waals surface area contributed by atoms with Crippen LogP contribution in [-0.2, 0) is 9.47 Å². The molecule has 4 nitrogen and oxygen atoms in total. The third-order valence-electron chi connectivity index (χ3n) is 2.91. The van der Waals surface area contributed by atoms with Crippen molar-refractivity contribution < 1.29 is 14.3 Å². The Morgan fingerprint density at radius 3 is 3.00 bits per heavy atom. The zero-order chi connectivity index (χ0) is 13.0. The second kappa shape index (κ2) is 6.20. The number of esters is 1. The van der Waals surface area contributed by atoms with Crippen molar-refractivity contribution in [1.29, 1.82) is 0 Å². The van der Waals surface area contributed by atoms with E-state index in [-0.39, 0.29) is 6.10 Å². The quantitative estimate of drug-likeness (QED) is 0.688. The van der Waals surface area contributed by atoms with E-state index in [4.69, 9.17) is 15.2 Å². The lowest BCUT2D eigenvalue weighted by molar-refractivity contribution is -0.0300. The number of benzene rings is 1. The van der Waals surface area contributed by atoms with E-state index in [1.54, 1.807) is 18.2 Å². The van der Waals surface area contributed by atoms with Crippen LogP contribution < -0.4 is 5.73 Å². The molecule has 5 heteroatoms. The van der Waals surface area contributed by atoms with Crippen LogP contribution in [0.15, 0.2) is 22.7 Å². The van der Waals surface area contributed by atoms with E-state index in [1.807, 2.05) is 0 Å². The van der Waals surface area contributed by atoms with Crippen LogP contribution in [0.5, 0.6) is 0 Å². The molecule has 0 bridgehead atoms. The average Bonchev–Trinajstić information content (AvgIpc) is 2.37. The molecule has 1 heterocycles. The molecule has 1 aliphatic heterocycles. The van der Waals surface area contributed by atoms with Crippen molar-refractivity contribution in [3.05, 3.63) is 28.2 Å². The van der Waals surface area contributed by atoms with E-state index < -0.39 is 5.97 Å². The Morgan fingerprint density at radius 1 is 1.50 bits per heavy atom. The fourth-order valence-corrected chi connectivity index (χ4v) is 2.28. The van der Waals surface area contributed by atoms with Crippen LogP contribution in [0.25, 0.3) is 0 Å². The number of nitrogens with two attached hydrogens (primary N) is 1. The minimum Gasteiger partial charge on any atom is -0.459 e. The molecule has 2 rings (SSSR count). The molecule has 1 unspecified atom stereocenters. The van der Waals surface area contributed by atoms with Crippen LogP contribution in [0.2, 0.25) is 0 Å². The van der Waals surface area contributed by atoms with Crippen LogP contribution in [0.3, 0.4) is 0 Å². The van der Waals surface area contributed by atoms with Gasteiger partial charge in [0.1, 0.15) is 6.61 Å². The molecule has 0 amide bonds. The fraction of sp³-hybridized carbons (Fsp3) is 0.462.